The van der Waals surface area contributed by atoms with Gasteiger partial charge in [-0.1, -0.05) is 36.4 Å². The Bertz CT molecular complexity index is 666. The molecule has 0 fully saturated rings. The number of aliphatic hydroxyl groups excluding tert-OH is 2. The number of nitrogens with zero attached hydrogens (tertiary/aromatic N) is 2. The standard InChI is InChI=1S/C16H20N2.C4H6O6/c1-18(2)13-11-15(14-8-4-3-5-9-14)16-10-6-7-12-17-16;5-1(3(7)8)2(6)4(9)10/h3-10,12,15H,11,13H2,1-2H3;1-2,5-6H,(H,7,8)(H,9,10). The number of hydrogen-bond acceptors (Lipinski definition) is 6. The largest absolute Gasteiger partial charge is 0.479 e. The van der Waals surface area contributed by atoms with Gasteiger partial charge in [-0.15, -0.1) is 0 Å². The van der Waals surface area contributed by atoms with Gasteiger partial charge in [-0.2, -0.15) is 0 Å². The molecule has 0 aliphatic carbocycles. The first-order chi connectivity index (χ1) is 13.2. The molecule has 0 aliphatic heterocycles. The molecule has 0 aliphatic rings. The molecule has 8 heteroatoms. The van der Waals surface area contributed by atoms with Crippen LogP contribution in [0.5, 0.6) is 0 Å². The molecule has 0 amide bonds. The summed E-state index contributed by atoms with van der Waals surface area (Å²) >= 11 is 0. The highest BCUT2D eigenvalue weighted by molar-refractivity contribution is 5.83. The van der Waals surface area contributed by atoms with Gasteiger partial charge >= 0.3 is 11.9 Å². The fourth-order valence-electron chi connectivity index (χ4n) is 2.41. The van der Waals surface area contributed by atoms with Gasteiger partial charge in [0.25, 0.3) is 0 Å². The molecule has 0 saturated heterocycles. The lowest BCUT2D eigenvalue weighted by Gasteiger charge is -2.19. The first kappa shape index (κ1) is 23.2. The van der Waals surface area contributed by atoms with Gasteiger partial charge in [0, 0.05) is 17.8 Å². The number of hydrogen-bond donors (Lipinski definition) is 4. The van der Waals surface area contributed by atoms with E-state index < -0.39 is 24.1 Å². The summed E-state index contributed by atoms with van der Waals surface area (Å²) in [6, 6.07) is 16.8. The van der Waals surface area contributed by atoms with Crippen LogP contribution in [0.3, 0.4) is 0 Å². The molecule has 3 atom stereocenters. The molecule has 8 nitrogen and oxygen atoms in total. The highest BCUT2D eigenvalue weighted by Gasteiger charge is 2.29. The fraction of sp³-hybridized carbons (Fsp3) is 0.350. The van der Waals surface area contributed by atoms with Crippen LogP contribution in [0.25, 0.3) is 0 Å². The van der Waals surface area contributed by atoms with Crippen molar-refractivity contribution in [1.82, 2.24) is 9.88 Å². The lowest BCUT2D eigenvalue weighted by molar-refractivity contribution is -0.165. The topological polar surface area (TPSA) is 131 Å². The van der Waals surface area contributed by atoms with E-state index in [0.29, 0.717) is 5.92 Å². The van der Waals surface area contributed by atoms with E-state index >= 15 is 0 Å². The van der Waals surface area contributed by atoms with Crippen LogP contribution in [0.15, 0.2) is 54.7 Å². The summed E-state index contributed by atoms with van der Waals surface area (Å²) in [4.78, 5) is 26.3. The average molecular weight is 390 g/mol. The van der Waals surface area contributed by atoms with Crippen molar-refractivity contribution in [3.05, 3.63) is 66.0 Å². The number of carboxylic acid groups (broad SMARTS) is 2. The lowest BCUT2D eigenvalue weighted by atomic mass is 9.92. The molecule has 3 unspecified atom stereocenters. The minimum absolute atomic E-state index is 0.384. The van der Waals surface area contributed by atoms with E-state index in [1.54, 1.807) is 0 Å². The monoisotopic (exact) mass is 390 g/mol. The normalized spacial score (nSPS) is 13.8. The molecule has 1 aromatic heterocycles. The third-order valence-electron chi connectivity index (χ3n) is 3.92. The van der Waals surface area contributed by atoms with Crippen molar-refractivity contribution in [3.8, 4) is 0 Å². The fourth-order valence-corrected chi connectivity index (χ4v) is 2.41. The van der Waals surface area contributed by atoms with Gasteiger partial charge in [-0.05, 0) is 44.8 Å². The van der Waals surface area contributed by atoms with Crippen molar-refractivity contribution < 1.29 is 30.0 Å². The number of aromatic nitrogens is 1. The molecule has 0 bridgehead atoms. The smallest absolute Gasteiger partial charge is 0.335 e. The summed E-state index contributed by atoms with van der Waals surface area (Å²) < 4.78 is 0. The summed E-state index contributed by atoms with van der Waals surface area (Å²) in [6.45, 7) is 1.07. The van der Waals surface area contributed by atoms with Crippen LogP contribution < -0.4 is 0 Å². The van der Waals surface area contributed by atoms with Crippen LogP contribution in [0.2, 0.25) is 0 Å². The third kappa shape index (κ3) is 7.83. The third-order valence-corrected chi connectivity index (χ3v) is 3.92. The zero-order valence-electron chi connectivity index (χ0n) is 15.8. The maximum atomic E-state index is 9.77. The molecule has 2 aromatic rings. The van der Waals surface area contributed by atoms with Crippen molar-refractivity contribution in [3.63, 3.8) is 0 Å². The molecule has 0 saturated carbocycles. The highest BCUT2D eigenvalue weighted by atomic mass is 16.4. The van der Waals surface area contributed by atoms with Crippen LogP contribution in [0.1, 0.15) is 23.6 Å². The SMILES string of the molecule is CN(C)CCC(c1ccccc1)c1ccccn1.O=C(O)C(O)C(O)C(=O)O. The zero-order valence-corrected chi connectivity index (χ0v) is 15.8. The number of carbonyl (C=O) groups is 2. The molecule has 152 valence electrons. The van der Waals surface area contributed by atoms with Gasteiger partial charge in [0.2, 0.25) is 0 Å². The van der Waals surface area contributed by atoms with E-state index in [0.717, 1.165) is 18.7 Å². The van der Waals surface area contributed by atoms with Gasteiger partial charge in [0.05, 0.1) is 0 Å². The predicted octanol–water partition coefficient (Wildman–Crippen LogP) is 1.04. The summed E-state index contributed by atoms with van der Waals surface area (Å²) in [6.07, 6.45) is -1.57. The number of aliphatic hydroxyl groups is 2. The van der Waals surface area contributed by atoms with Crippen molar-refractivity contribution in [2.24, 2.45) is 0 Å². The van der Waals surface area contributed by atoms with Crippen molar-refractivity contribution in [2.45, 2.75) is 24.5 Å². The summed E-state index contributed by atoms with van der Waals surface area (Å²) in [5, 5.41) is 32.5. The van der Waals surface area contributed by atoms with E-state index in [4.69, 9.17) is 20.4 Å². The van der Waals surface area contributed by atoms with Crippen LogP contribution in [0.4, 0.5) is 0 Å². The summed E-state index contributed by atoms with van der Waals surface area (Å²) in [5.74, 6) is -3.15. The van der Waals surface area contributed by atoms with Gasteiger partial charge < -0.3 is 25.3 Å². The molecular weight excluding hydrogens is 364 g/mol. The summed E-state index contributed by atoms with van der Waals surface area (Å²) in [5.41, 5.74) is 2.50. The first-order valence-electron chi connectivity index (χ1n) is 8.66. The molecule has 4 N–H and O–H groups in total. The van der Waals surface area contributed by atoms with Gasteiger partial charge in [-0.3, -0.25) is 4.98 Å². The van der Waals surface area contributed by atoms with Crippen molar-refractivity contribution in [1.29, 1.82) is 0 Å². The number of carboxylic acids is 2. The van der Waals surface area contributed by atoms with Gasteiger partial charge in [0.1, 0.15) is 0 Å². The molecular formula is C20H26N2O6. The van der Waals surface area contributed by atoms with Crippen LogP contribution in [-0.4, -0.2) is 75.1 Å². The molecule has 0 spiro atoms. The Morgan fingerprint density at radius 3 is 1.89 bits per heavy atom. The summed E-state index contributed by atoms with van der Waals surface area (Å²) in [7, 11) is 4.22. The molecule has 1 aromatic carbocycles. The molecule has 1 heterocycles. The zero-order chi connectivity index (χ0) is 21.1. The Hall–Kier alpha value is -2.81. The van der Waals surface area contributed by atoms with Crippen molar-refractivity contribution >= 4 is 11.9 Å². The molecule has 2 rings (SSSR count). The first-order valence-corrected chi connectivity index (χ1v) is 8.66. The van der Waals surface area contributed by atoms with E-state index in [2.05, 4.69) is 66.4 Å². The quantitative estimate of drug-likeness (QED) is 0.526. The van der Waals surface area contributed by atoms with Crippen molar-refractivity contribution in [2.75, 3.05) is 20.6 Å². The number of benzene rings is 1. The number of pyridine rings is 1. The van der Waals surface area contributed by atoms with E-state index in [-0.39, 0.29) is 0 Å². The molecule has 0 radical (unpaired) electrons. The van der Waals surface area contributed by atoms with E-state index in [1.165, 1.54) is 5.56 Å². The minimum atomic E-state index is -2.27. The maximum Gasteiger partial charge on any atom is 0.335 e. The van der Waals surface area contributed by atoms with Crippen LogP contribution in [-0.2, 0) is 9.59 Å². The number of aliphatic carboxylic acids is 2. The minimum Gasteiger partial charge on any atom is -0.479 e. The Kier molecular flexibility index (Phi) is 9.80. The maximum absolute atomic E-state index is 9.77. The molecule has 28 heavy (non-hydrogen) atoms. The Balaban J connectivity index is 0.000000336. The van der Waals surface area contributed by atoms with Gasteiger partial charge in [-0.25, -0.2) is 9.59 Å². The van der Waals surface area contributed by atoms with E-state index in [1.807, 2.05) is 12.3 Å². The van der Waals surface area contributed by atoms with Crippen LogP contribution >= 0.6 is 0 Å². The van der Waals surface area contributed by atoms with E-state index in [9.17, 15) is 9.59 Å². The second-order valence-electron chi connectivity index (χ2n) is 6.38. The lowest BCUT2D eigenvalue weighted by Crippen LogP contribution is -2.39. The average Bonchev–Trinajstić information content (AvgIpc) is 2.68. The van der Waals surface area contributed by atoms with Gasteiger partial charge in [0.15, 0.2) is 12.2 Å². The Morgan fingerprint density at radius 2 is 1.46 bits per heavy atom. The predicted molar refractivity (Wildman–Crippen MR) is 103 cm³/mol. The Morgan fingerprint density at radius 1 is 0.929 bits per heavy atom. The van der Waals surface area contributed by atoms with Crippen LogP contribution in [0, 0.1) is 0 Å². The second-order valence-corrected chi connectivity index (χ2v) is 6.38. The second kappa shape index (κ2) is 11.8. The number of rotatable bonds is 8. The highest BCUT2D eigenvalue weighted by Crippen LogP contribution is 2.26. The Labute approximate surface area is 163 Å².